The summed E-state index contributed by atoms with van der Waals surface area (Å²) in [6.45, 7) is 4.67. The fraction of sp³-hybridized carbons (Fsp3) is 0.353. The Bertz CT molecular complexity index is 640. The first-order chi connectivity index (χ1) is 11.1. The average molecular weight is 354 g/mol. The van der Waals surface area contributed by atoms with E-state index >= 15 is 0 Å². The van der Waals surface area contributed by atoms with Gasteiger partial charge in [-0.3, -0.25) is 4.79 Å². The number of carbonyl (C=O) groups excluding carboxylic acids is 1. The molecule has 4 nitrogen and oxygen atoms in total. The Morgan fingerprint density at radius 3 is 2.74 bits per heavy atom. The fourth-order valence-electron chi connectivity index (χ4n) is 1.87. The van der Waals surface area contributed by atoms with Gasteiger partial charge in [0, 0.05) is 16.8 Å². The monoisotopic (exact) mass is 353 g/mol. The van der Waals surface area contributed by atoms with Crippen LogP contribution in [0.4, 0.5) is 0 Å². The number of hydroxylamine groups is 1. The average Bonchev–Trinajstić information content (AvgIpc) is 2.88. The highest BCUT2D eigenvalue weighted by molar-refractivity contribution is 7.10. The van der Waals surface area contributed by atoms with Crippen LogP contribution >= 0.6 is 22.9 Å². The van der Waals surface area contributed by atoms with Gasteiger partial charge in [-0.15, -0.1) is 11.3 Å². The first kappa shape index (κ1) is 17.8. The largest absolute Gasteiger partial charge is 0.455 e. The Morgan fingerprint density at radius 2 is 2.04 bits per heavy atom. The van der Waals surface area contributed by atoms with E-state index in [2.05, 4.69) is 5.48 Å². The second-order valence-corrected chi connectivity index (χ2v) is 6.49. The molecule has 0 saturated heterocycles. The maximum absolute atomic E-state index is 11.7. The minimum absolute atomic E-state index is 0.276. The third-order valence-corrected chi connectivity index (χ3v) is 4.55. The molecule has 2 aromatic rings. The van der Waals surface area contributed by atoms with Crippen molar-refractivity contribution >= 4 is 28.9 Å². The summed E-state index contributed by atoms with van der Waals surface area (Å²) in [5, 5.41) is 2.38. The topological polar surface area (TPSA) is 47.6 Å². The van der Waals surface area contributed by atoms with Gasteiger partial charge in [-0.05, 0) is 31.9 Å². The summed E-state index contributed by atoms with van der Waals surface area (Å²) in [6.07, 6.45) is 1.71. The number of hydrogen-bond donors (Lipinski definition) is 1. The Hall–Kier alpha value is -1.56. The third-order valence-electron chi connectivity index (χ3n) is 3.11. The summed E-state index contributed by atoms with van der Waals surface area (Å²) in [5.41, 5.74) is 3.80. The number of rotatable bonds is 8. The van der Waals surface area contributed by atoms with Crippen molar-refractivity contribution in [1.29, 1.82) is 0 Å². The first-order valence-corrected chi connectivity index (χ1v) is 8.78. The summed E-state index contributed by atoms with van der Waals surface area (Å²) in [5.74, 6) is 1.06. The van der Waals surface area contributed by atoms with Crippen molar-refractivity contribution in [2.45, 2.75) is 33.1 Å². The number of carbonyl (C=O) groups is 1. The number of hydrogen-bond acceptors (Lipinski definition) is 5. The number of benzene rings is 1. The zero-order chi connectivity index (χ0) is 16.7. The Labute approximate surface area is 145 Å². The highest BCUT2D eigenvalue weighted by Gasteiger charge is 2.15. The normalized spacial score (nSPS) is 10.6. The van der Waals surface area contributed by atoms with Crippen LogP contribution in [0.3, 0.4) is 0 Å². The van der Waals surface area contributed by atoms with E-state index < -0.39 is 0 Å². The number of thiophene rings is 1. The zero-order valence-corrected chi connectivity index (χ0v) is 14.8. The molecule has 0 atom stereocenters. The second-order valence-electron chi connectivity index (χ2n) is 5.12. The predicted molar refractivity (Wildman–Crippen MR) is 93.3 cm³/mol. The first-order valence-electron chi connectivity index (χ1n) is 7.53. The summed E-state index contributed by atoms with van der Waals surface area (Å²) in [4.78, 5) is 17.5. The van der Waals surface area contributed by atoms with Crippen LogP contribution in [0.1, 0.15) is 30.2 Å². The molecule has 1 aromatic heterocycles. The van der Waals surface area contributed by atoms with Crippen molar-refractivity contribution in [2.75, 3.05) is 6.54 Å². The van der Waals surface area contributed by atoms with Crippen LogP contribution in [0.25, 0.3) is 0 Å². The molecule has 1 aromatic carbocycles. The van der Waals surface area contributed by atoms with Gasteiger partial charge in [0.2, 0.25) is 0 Å². The molecule has 23 heavy (non-hydrogen) atoms. The van der Waals surface area contributed by atoms with Gasteiger partial charge in [0.05, 0.1) is 11.4 Å². The molecule has 0 saturated carbocycles. The van der Waals surface area contributed by atoms with Crippen LogP contribution in [0.15, 0.2) is 29.6 Å². The van der Waals surface area contributed by atoms with Gasteiger partial charge in [0.15, 0.2) is 5.75 Å². The quantitative estimate of drug-likeness (QED) is 0.542. The van der Waals surface area contributed by atoms with E-state index in [1.807, 2.05) is 43.5 Å². The Balaban J connectivity index is 1.95. The van der Waals surface area contributed by atoms with Crippen molar-refractivity contribution in [3.05, 3.63) is 45.1 Å². The molecule has 0 aliphatic carbocycles. The molecule has 1 heterocycles. The number of halogens is 1. The van der Waals surface area contributed by atoms with Crippen molar-refractivity contribution in [3.63, 3.8) is 0 Å². The molecular weight excluding hydrogens is 334 g/mol. The van der Waals surface area contributed by atoms with Crippen LogP contribution in [-0.4, -0.2) is 12.5 Å². The zero-order valence-electron chi connectivity index (χ0n) is 13.2. The molecule has 124 valence electrons. The standard InChI is InChI=1S/C17H20ClNO3S/c1-3-10-19-22-16(20)9-8-15-17(14(18)11-23-15)21-13-6-4-12(2)5-7-13/h4-7,11,19H,3,8-10H2,1-2H3. The van der Waals surface area contributed by atoms with Crippen LogP contribution in [0.2, 0.25) is 5.02 Å². The lowest BCUT2D eigenvalue weighted by atomic mass is 10.2. The maximum atomic E-state index is 11.7. The lowest BCUT2D eigenvalue weighted by Crippen LogP contribution is -2.20. The molecule has 2 rings (SSSR count). The van der Waals surface area contributed by atoms with Gasteiger partial charge in [-0.1, -0.05) is 36.2 Å². The second kappa shape index (κ2) is 8.91. The Kier molecular flexibility index (Phi) is 6.89. The third kappa shape index (κ3) is 5.53. The Morgan fingerprint density at radius 1 is 1.30 bits per heavy atom. The van der Waals surface area contributed by atoms with E-state index in [1.54, 1.807) is 0 Å². The lowest BCUT2D eigenvalue weighted by Gasteiger charge is -2.08. The summed E-state index contributed by atoms with van der Waals surface area (Å²) in [7, 11) is 0. The number of ether oxygens (including phenoxy) is 1. The molecule has 0 unspecified atom stereocenters. The molecule has 0 aliphatic heterocycles. The van der Waals surface area contributed by atoms with Crippen LogP contribution in [0, 0.1) is 6.92 Å². The van der Waals surface area contributed by atoms with Crippen LogP contribution < -0.4 is 10.2 Å². The van der Waals surface area contributed by atoms with Gasteiger partial charge in [0.25, 0.3) is 0 Å². The van der Waals surface area contributed by atoms with Crippen LogP contribution in [0.5, 0.6) is 11.5 Å². The fourth-order valence-corrected chi connectivity index (χ4v) is 3.04. The molecule has 0 fully saturated rings. The molecule has 0 bridgehead atoms. The van der Waals surface area contributed by atoms with Crippen molar-refractivity contribution in [1.82, 2.24) is 5.48 Å². The van der Waals surface area contributed by atoms with Crippen molar-refractivity contribution < 1.29 is 14.4 Å². The number of nitrogens with one attached hydrogen (secondary N) is 1. The van der Waals surface area contributed by atoms with E-state index in [-0.39, 0.29) is 12.4 Å². The highest BCUT2D eigenvalue weighted by atomic mass is 35.5. The minimum Gasteiger partial charge on any atom is -0.455 e. The van der Waals surface area contributed by atoms with Gasteiger partial charge in [0.1, 0.15) is 5.75 Å². The smallest absolute Gasteiger partial charge is 0.325 e. The molecular formula is C17H20ClNO3S. The van der Waals surface area contributed by atoms with Gasteiger partial charge >= 0.3 is 5.97 Å². The maximum Gasteiger partial charge on any atom is 0.325 e. The SMILES string of the molecule is CCCNOC(=O)CCc1scc(Cl)c1Oc1ccc(C)cc1. The van der Waals surface area contributed by atoms with E-state index in [1.165, 1.54) is 11.3 Å². The molecule has 0 radical (unpaired) electrons. The molecule has 0 spiro atoms. The van der Waals surface area contributed by atoms with Gasteiger partial charge < -0.3 is 9.57 Å². The highest BCUT2D eigenvalue weighted by Crippen LogP contribution is 2.38. The van der Waals surface area contributed by atoms with Crippen molar-refractivity contribution in [2.24, 2.45) is 0 Å². The van der Waals surface area contributed by atoms with Crippen molar-refractivity contribution in [3.8, 4) is 11.5 Å². The summed E-state index contributed by atoms with van der Waals surface area (Å²) >= 11 is 7.68. The van der Waals surface area contributed by atoms with Crippen LogP contribution in [-0.2, 0) is 16.1 Å². The van der Waals surface area contributed by atoms with Gasteiger partial charge in [-0.2, -0.15) is 5.48 Å². The van der Waals surface area contributed by atoms with E-state index in [9.17, 15) is 4.79 Å². The van der Waals surface area contributed by atoms with E-state index in [0.29, 0.717) is 23.7 Å². The number of aryl methyl sites for hydroxylation is 2. The molecule has 1 N–H and O–H groups in total. The van der Waals surface area contributed by atoms with E-state index in [0.717, 1.165) is 22.6 Å². The summed E-state index contributed by atoms with van der Waals surface area (Å²) in [6, 6.07) is 7.75. The molecule has 6 heteroatoms. The summed E-state index contributed by atoms with van der Waals surface area (Å²) < 4.78 is 5.88. The van der Waals surface area contributed by atoms with E-state index in [4.69, 9.17) is 21.2 Å². The minimum atomic E-state index is -0.288. The lowest BCUT2D eigenvalue weighted by molar-refractivity contribution is -0.151. The molecule has 0 amide bonds. The molecule has 0 aliphatic rings. The van der Waals surface area contributed by atoms with Gasteiger partial charge in [-0.25, -0.2) is 0 Å². The predicted octanol–water partition coefficient (Wildman–Crippen LogP) is 4.89.